The van der Waals surface area contributed by atoms with Gasteiger partial charge in [0.25, 0.3) is 0 Å². The van der Waals surface area contributed by atoms with E-state index >= 15 is 0 Å². The highest BCUT2D eigenvalue weighted by Gasteiger charge is 2.45. The minimum absolute atomic E-state index is 0.218. The van der Waals surface area contributed by atoms with E-state index in [1.807, 2.05) is 0 Å². The molecule has 0 N–H and O–H groups in total. The monoisotopic (exact) mass is 327 g/mol. The Hall–Kier alpha value is -1.02. The molecule has 132 valence electrons. The Kier molecular flexibility index (Phi) is 4.50. The lowest BCUT2D eigenvalue weighted by Gasteiger charge is -2.38. The number of para-hydroxylation sites is 1. The van der Waals surface area contributed by atoms with Gasteiger partial charge in [-0.05, 0) is 57.1 Å². The van der Waals surface area contributed by atoms with Gasteiger partial charge in [0, 0.05) is 23.8 Å². The summed E-state index contributed by atoms with van der Waals surface area (Å²) in [5.41, 5.74) is 2.58. The van der Waals surface area contributed by atoms with Crippen LogP contribution in [0.15, 0.2) is 24.3 Å². The van der Waals surface area contributed by atoms with Crippen molar-refractivity contribution in [1.82, 2.24) is 4.90 Å². The van der Waals surface area contributed by atoms with Crippen LogP contribution in [0.3, 0.4) is 0 Å². The van der Waals surface area contributed by atoms with E-state index < -0.39 is 0 Å². The molecule has 3 fully saturated rings. The van der Waals surface area contributed by atoms with Crippen molar-refractivity contribution in [1.29, 1.82) is 0 Å². The molecule has 0 bridgehead atoms. The maximum Gasteiger partial charge on any atom is 0.0716 e. The van der Waals surface area contributed by atoms with Crippen molar-refractivity contribution in [3.63, 3.8) is 0 Å². The van der Waals surface area contributed by atoms with Crippen LogP contribution >= 0.6 is 0 Å². The van der Waals surface area contributed by atoms with Crippen LogP contribution in [0.25, 0.3) is 0 Å². The van der Waals surface area contributed by atoms with E-state index in [0.717, 1.165) is 5.92 Å². The first-order valence-corrected chi connectivity index (χ1v) is 10.2. The lowest BCUT2D eigenvalue weighted by Crippen LogP contribution is -2.46. The SMILES string of the molecule is [2H]C1N(C2CCCCC2)C(C2CCCC2)[C@H](C)N1c1ccccc1C. The van der Waals surface area contributed by atoms with Gasteiger partial charge in [-0.1, -0.05) is 50.3 Å². The standard InChI is InChI=1S/C22H34N2/c1-17-10-6-9-15-21(17)23-16-24(20-13-4-3-5-14-20)22(18(23)2)19-11-7-8-12-19/h6,9-10,15,18-20,22H,3-5,7-8,11-14,16H2,1-2H3/t18-,22?/m0/s1/i16D/t16?,18-,22?. The number of aryl methyl sites for hydroxylation is 1. The molecule has 3 aliphatic rings. The molecule has 2 nitrogen and oxygen atoms in total. The van der Waals surface area contributed by atoms with Crippen molar-refractivity contribution in [3.8, 4) is 0 Å². The van der Waals surface area contributed by atoms with Crippen molar-refractivity contribution in [2.24, 2.45) is 5.92 Å². The molecule has 0 aromatic heterocycles. The summed E-state index contributed by atoms with van der Waals surface area (Å²) in [7, 11) is 0. The molecule has 2 saturated carbocycles. The Labute approximate surface area is 149 Å². The molecule has 24 heavy (non-hydrogen) atoms. The molecule has 0 radical (unpaired) electrons. The van der Waals surface area contributed by atoms with E-state index in [9.17, 15) is 1.37 Å². The molecular formula is C22H34N2. The maximum atomic E-state index is 9.19. The van der Waals surface area contributed by atoms with Gasteiger partial charge in [0.15, 0.2) is 0 Å². The van der Waals surface area contributed by atoms with Crippen molar-refractivity contribution < 1.29 is 1.37 Å². The fraction of sp³-hybridized carbons (Fsp3) is 0.727. The van der Waals surface area contributed by atoms with Crippen LogP contribution in [-0.2, 0) is 0 Å². The van der Waals surface area contributed by atoms with E-state index in [-0.39, 0.29) is 6.64 Å². The highest BCUT2D eigenvalue weighted by atomic mass is 15.4. The molecule has 1 aromatic carbocycles. The van der Waals surface area contributed by atoms with Gasteiger partial charge in [0.1, 0.15) is 0 Å². The average molecular weight is 328 g/mol. The Morgan fingerprint density at radius 1 is 0.958 bits per heavy atom. The fourth-order valence-corrected chi connectivity index (χ4v) is 5.53. The molecule has 4 rings (SSSR count). The summed E-state index contributed by atoms with van der Waals surface area (Å²) in [5.74, 6) is 0.791. The third-order valence-electron chi connectivity index (χ3n) is 6.81. The van der Waals surface area contributed by atoms with Crippen LogP contribution in [0, 0.1) is 12.8 Å². The molecule has 2 aliphatic carbocycles. The Bertz CT molecular complexity index is 577. The van der Waals surface area contributed by atoms with Gasteiger partial charge in [0.05, 0.1) is 8.02 Å². The first kappa shape index (κ1) is 15.3. The van der Waals surface area contributed by atoms with Gasteiger partial charge in [-0.3, -0.25) is 4.90 Å². The lowest BCUT2D eigenvalue weighted by molar-refractivity contribution is 0.103. The Morgan fingerprint density at radius 2 is 1.62 bits per heavy atom. The molecule has 3 atom stereocenters. The van der Waals surface area contributed by atoms with E-state index in [4.69, 9.17) is 0 Å². The summed E-state index contributed by atoms with van der Waals surface area (Å²) < 4.78 is 9.19. The van der Waals surface area contributed by atoms with Crippen LogP contribution in [-0.4, -0.2) is 29.7 Å². The molecule has 1 heterocycles. The molecule has 1 aromatic rings. The summed E-state index contributed by atoms with van der Waals surface area (Å²) in [4.78, 5) is 5.07. The topological polar surface area (TPSA) is 6.48 Å². The van der Waals surface area contributed by atoms with Crippen LogP contribution < -0.4 is 4.90 Å². The van der Waals surface area contributed by atoms with Gasteiger partial charge < -0.3 is 4.90 Å². The fourth-order valence-electron chi connectivity index (χ4n) is 5.53. The largest absolute Gasteiger partial charge is 0.354 e. The number of anilines is 1. The zero-order valence-electron chi connectivity index (χ0n) is 16.5. The van der Waals surface area contributed by atoms with Crippen LogP contribution in [0.5, 0.6) is 0 Å². The minimum atomic E-state index is -0.218. The second-order valence-electron chi connectivity index (χ2n) is 8.32. The third kappa shape index (κ3) is 2.98. The smallest absolute Gasteiger partial charge is 0.0716 e. The summed E-state index contributed by atoms with van der Waals surface area (Å²) >= 11 is 0. The van der Waals surface area contributed by atoms with Gasteiger partial charge >= 0.3 is 0 Å². The number of benzene rings is 1. The second-order valence-corrected chi connectivity index (χ2v) is 8.32. The molecule has 0 amide bonds. The molecule has 2 heteroatoms. The highest BCUT2D eigenvalue weighted by molar-refractivity contribution is 5.55. The van der Waals surface area contributed by atoms with E-state index in [1.165, 1.54) is 69.0 Å². The predicted octanol–water partition coefficient (Wildman–Crippen LogP) is 5.35. The van der Waals surface area contributed by atoms with Crippen molar-refractivity contribution in [3.05, 3.63) is 29.8 Å². The van der Waals surface area contributed by atoms with Crippen LogP contribution in [0.1, 0.15) is 71.6 Å². The zero-order chi connectivity index (χ0) is 17.4. The van der Waals surface area contributed by atoms with Crippen molar-refractivity contribution >= 4 is 5.69 Å². The van der Waals surface area contributed by atoms with Crippen LogP contribution in [0.4, 0.5) is 5.69 Å². The lowest BCUT2D eigenvalue weighted by atomic mass is 9.88. The maximum absolute atomic E-state index is 9.19. The minimum Gasteiger partial charge on any atom is -0.354 e. The van der Waals surface area contributed by atoms with E-state index in [0.29, 0.717) is 18.1 Å². The predicted molar refractivity (Wildman–Crippen MR) is 102 cm³/mol. The first-order chi connectivity index (χ1) is 12.2. The number of hydrogen-bond acceptors (Lipinski definition) is 2. The quantitative estimate of drug-likeness (QED) is 0.738. The summed E-state index contributed by atoms with van der Waals surface area (Å²) in [6, 6.07) is 10.3. The number of nitrogens with zero attached hydrogens (tertiary/aromatic N) is 2. The number of hydrogen-bond donors (Lipinski definition) is 0. The van der Waals surface area contributed by atoms with Crippen LogP contribution in [0.2, 0.25) is 0 Å². The van der Waals surface area contributed by atoms with Gasteiger partial charge in [-0.15, -0.1) is 0 Å². The number of rotatable bonds is 3. The van der Waals surface area contributed by atoms with E-state index in [2.05, 4.69) is 47.9 Å². The first-order valence-electron chi connectivity index (χ1n) is 10.8. The second kappa shape index (κ2) is 7.07. The molecular weight excluding hydrogens is 292 g/mol. The summed E-state index contributed by atoms with van der Waals surface area (Å²) in [5, 5.41) is 0. The average Bonchev–Trinajstić information content (AvgIpc) is 3.23. The summed E-state index contributed by atoms with van der Waals surface area (Å²) in [6.07, 6.45) is 12.2. The van der Waals surface area contributed by atoms with Gasteiger partial charge in [-0.25, -0.2) is 0 Å². The molecule has 1 saturated heterocycles. The third-order valence-corrected chi connectivity index (χ3v) is 6.81. The van der Waals surface area contributed by atoms with Gasteiger partial charge in [-0.2, -0.15) is 0 Å². The Balaban J connectivity index is 1.68. The summed E-state index contributed by atoms with van der Waals surface area (Å²) in [6.45, 7) is 4.37. The zero-order valence-corrected chi connectivity index (χ0v) is 15.5. The van der Waals surface area contributed by atoms with Crippen molar-refractivity contribution in [2.75, 3.05) is 11.5 Å². The molecule has 1 aliphatic heterocycles. The van der Waals surface area contributed by atoms with Crippen molar-refractivity contribution in [2.45, 2.75) is 89.8 Å². The van der Waals surface area contributed by atoms with Gasteiger partial charge in [0.2, 0.25) is 0 Å². The Morgan fingerprint density at radius 3 is 2.33 bits per heavy atom. The normalized spacial score (nSPS) is 34.0. The molecule has 0 spiro atoms. The molecule has 2 unspecified atom stereocenters. The van der Waals surface area contributed by atoms with E-state index in [1.54, 1.807) is 0 Å². The highest BCUT2D eigenvalue weighted by Crippen LogP contribution is 2.41.